The Morgan fingerprint density at radius 3 is 2.84 bits per heavy atom. The maximum absolute atomic E-state index is 3.68. The van der Waals surface area contributed by atoms with Crippen LogP contribution < -0.4 is 10.2 Å². The van der Waals surface area contributed by atoms with Gasteiger partial charge in [0.1, 0.15) is 0 Å². The summed E-state index contributed by atoms with van der Waals surface area (Å²) in [6, 6.07) is 6.97. The van der Waals surface area contributed by atoms with Crippen molar-refractivity contribution in [3.05, 3.63) is 29.3 Å². The van der Waals surface area contributed by atoms with Gasteiger partial charge in [-0.05, 0) is 48.3 Å². The molecule has 0 saturated heterocycles. The fourth-order valence-corrected chi connectivity index (χ4v) is 3.53. The molecule has 1 heterocycles. The number of hydrogen-bond donors (Lipinski definition) is 1. The van der Waals surface area contributed by atoms with Crippen LogP contribution >= 0.6 is 0 Å². The lowest BCUT2D eigenvalue weighted by molar-refractivity contribution is 0.124. The van der Waals surface area contributed by atoms with Crippen molar-refractivity contribution in [2.24, 2.45) is 5.41 Å². The van der Waals surface area contributed by atoms with Crippen molar-refractivity contribution >= 4 is 5.69 Å². The lowest BCUT2D eigenvalue weighted by Gasteiger charge is -2.41. The molecule has 0 radical (unpaired) electrons. The van der Waals surface area contributed by atoms with Gasteiger partial charge in [0.2, 0.25) is 0 Å². The highest BCUT2D eigenvalue weighted by Gasteiger charge is 2.34. The van der Waals surface area contributed by atoms with Crippen molar-refractivity contribution in [3.63, 3.8) is 0 Å². The van der Waals surface area contributed by atoms with Gasteiger partial charge in [0.05, 0.1) is 0 Å². The molecule has 0 atom stereocenters. The van der Waals surface area contributed by atoms with Gasteiger partial charge in [0.25, 0.3) is 0 Å². The second-order valence-corrected chi connectivity index (χ2v) is 6.45. The minimum absolute atomic E-state index is 0.622. The Balaban J connectivity index is 1.56. The quantitative estimate of drug-likeness (QED) is 0.871. The number of nitrogens with one attached hydrogen (secondary N) is 1. The maximum atomic E-state index is 3.68. The number of rotatable bonds is 5. The minimum Gasteiger partial charge on any atom is -0.374 e. The highest BCUT2D eigenvalue weighted by Crippen LogP contribution is 2.43. The fourth-order valence-electron chi connectivity index (χ4n) is 3.53. The summed E-state index contributed by atoms with van der Waals surface area (Å²) in [5, 5.41) is 3.68. The van der Waals surface area contributed by atoms with E-state index in [0.29, 0.717) is 5.41 Å². The van der Waals surface area contributed by atoms with Gasteiger partial charge < -0.3 is 10.2 Å². The Bertz CT molecular complexity index is 443. The number of anilines is 1. The Labute approximate surface area is 117 Å². The van der Waals surface area contributed by atoms with Crippen LogP contribution in [0.5, 0.6) is 0 Å². The van der Waals surface area contributed by atoms with Crippen LogP contribution in [0.3, 0.4) is 0 Å². The predicted octanol–water partition coefficient (Wildman–Crippen LogP) is 3.35. The minimum atomic E-state index is 0.622. The molecule has 2 nitrogen and oxygen atoms in total. The third-order valence-corrected chi connectivity index (χ3v) is 5.27. The van der Waals surface area contributed by atoms with Crippen LogP contribution in [0, 0.1) is 5.41 Å². The van der Waals surface area contributed by atoms with E-state index in [1.165, 1.54) is 62.0 Å². The maximum Gasteiger partial charge on any atom is 0.0397 e. The van der Waals surface area contributed by atoms with Gasteiger partial charge in [0, 0.05) is 32.4 Å². The van der Waals surface area contributed by atoms with E-state index in [-0.39, 0.29) is 0 Å². The SMILES string of the molecule is CCC1(CNCc2ccc3c(c2)CCN3C)CCC1. The smallest absolute Gasteiger partial charge is 0.0397 e. The highest BCUT2D eigenvalue weighted by atomic mass is 15.1. The second kappa shape index (κ2) is 5.16. The summed E-state index contributed by atoms with van der Waals surface area (Å²) >= 11 is 0. The normalized spacial score (nSPS) is 20.2. The molecule has 0 unspecified atom stereocenters. The first kappa shape index (κ1) is 13.0. The van der Waals surface area contributed by atoms with Crippen LogP contribution in [0.25, 0.3) is 0 Å². The third-order valence-electron chi connectivity index (χ3n) is 5.27. The van der Waals surface area contributed by atoms with Crippen LogP contribution in [-0.2, 0) is 13.0 Å². The molecule has 0 aromatic heterocycles. The molecular formula is C17H26N2. The van der Waals surface area contributed by atoms with E-state index in [1.54, 1.807) is 0 Å². The molecule has 1 fully saturated rings. The van der Waals surface area contributed by atoms with Crippen LogP contribution in [0.2, 0.25) is 0 Å². The molecule has 0 bridgehead atoms. The Hall–Kier alpha value is -1.02. The largest absolute Gasteiger partial charge is 0.374 e. The molecule has 0 spiro atoms. The van der Waals surface area contributed by atoms with E-state index >= 15 is 0 Å². The van der Waals surface area contributed by atoms with Crippen LogP contribution in [0.1, 0.15) is 43.7 Å². The first-order valence-corrected chi connectivity index (χ1v) is 7.76. The molecule has 1 aromatic carbocycles. The molecule has 19 heavy (non-hydrogen) atoms. The van der Waals surface area contributed by atoms with Crippen LogP contribution in [-0.4, -0.2) is 20.1 Å². The van der Waals surface area contributed by atoms with Gasteiger partial charge in [-0.2, -0.15) is 0 Å². The van der Waals surface area contributed by atoms with Crippen LogP contribution in [0.15, 0.2) is 18.2 Å². The zero-order chi connectivity index (χ0) is 13.3. The van der Waals surface area contributed by atoms with Crippen molar-refractivity contribution in [3.8, 4) is 0 Å². The molecular weight excluding hydrogens is 232 g/mol. The number of likely N-dealkylation sites (N-methyl/N-ethyl adjacent to an activating group) is 1. The van der Waals surface area contributed by atoms with Crippen molar-refractivity contribution in [2.45, 2.75) is 45.6 Å². The van der Waals surface area contributed by atoms with Gasteiger partial charge >= 0.3 is 0 Å². The Morgan fingerprint density at radius 1 is 1.32 bits per heavy atom. The Kier molecular flexibility index (Phi) is 3.53. The molecule has 104 valence electrons. The summed E-state index contributed by atoms with van der Waals surface area (Å²) in [5.74, 6) is 0. The first-order chi connectivity index (χ1) is 9.22. The molecule has 1 aliphatic heterocycles. The average molecular weight is 258 g/mol. The zero-order valence-corrected chi connectivity index (χ0v) is 12.3. The van der Waals surface area contributed by atoms with Gasteiger partial charge in [-0.1, -0.05) is 25.5 Å². The number of nitrogens with zero attached hydrogens (tertiary/aromatic N) is 1. The molecule has 0 amide bonds. The third kappa shape index (κ3) is 2.51. The molecule has 1 N–H and O–H groups in total. The van der Waals surface area contributed by atoms with Gasteiger partial charge in [-0.15, -0.1) is 0 Å². The van der Waals surface area contributed by atoms with E-state index in [9.17, 15) is 0 Å². The lowest BCUT2D eigenvalue weighted by Crippen LogP contribution is -2.39. The van der Waals surface area contributed by atoms with E-state index < -0.39 is 0 Å². The first-order valence-electron chi connectivity index (χ1n) is 7.76. The summed E-state index contributed by atoms with van der Waals surface area (Å²) < 4.78 is 0. The van der Waals surface area contributed by atoms with Crippen molar-refractivity contribution in [1.29, 1.82) is 0 Å². The van der Waals surface area contributed by atoms with Crippen LogP contribution in [0.4, 0.5) is 5.69 Å². The topological polar surface area (TPSA) is 15.3 Å². The fraction of sp³-hybridized carbons (Fsp3) is 0.647. The van der Waals surface area contributed by atoms with E-state index in [1.807, 2.05) is 0 Å². The van der Waals surface area contributed by atoms with Gasteiger partial charge in [-0.3, -0.25) is 0 Å². The van der Waals surface area contributed by atoms with E-state index in [2.05, 4.69) is 42.4 Å². The average Bonchev–Trinajstić information content (AvgIpc) is 2.74. The van der Waals surface area contributed by atoms with Gasteiger partial charge in [0.15, 0.2) is 0 Å². The summed E-state index contributed by atoms with van der Waals surface area (Å²) in [6.45, 7) is 5.73. The monoisotopic (exact) mass is 258 g/mol. The zero-order valence-electron chi connectivity index (χ0n) is 12.3. The summed E-state index contributed by atoms with van der Waals surface area (Å²) in [7, 11) is 2.19. The van der Waals surface area contributed by atoms with E-state index in [4.69, 9.17) is 0 Å². The molecule has 1 aliphatic carbocycles. The molecule has 2 aliphatic rings. The van der Waals surface area contributed by atoms with Gasteiger partial charge in [-0.25, -0.2) is 0 Å². The second-order valence-electron chi connectivity index (χ2n) is 6.45. The predicted molar refractivity (Wildman–Crippen MR) is 81.7 cm³/mol. The molecule has 1 saturated carbocycles. The molecule has 3 rings (SSSR count). The lowest BCUT2D eigenvalue weighted by atomic mass is 9.67. The van der Waals surface area contributed by atoms with E-state index in [0.717, 1.165) is 6.54 Å². The standard InChI is InChI=1S/C17H26N2/c1-3-17(8-4-9-17)13-18-12-14-5-6-16-15(11-14)7-10-19(16)2/h5-6,11,18H,3-4,7-10,12-13H2,1-2H3. The molecule has 1 aromatic rings. The number of hydrogen-bond acceptors (Lipinski definition) is 2. The summed E-state index contributed by atoms with van der Waals surface area (Å²) in [6.07, 6.45) is 6.81. The summed E-state index contributed by atoms with van der Waals surface area (Å²) in [5.41, 5.74) is 5.01. The van der Waals surface area contributed by atoms with Crippen molar-refractivity contribution < 1.29 is 0 Å². The van der Waals surface area contributed by atoms with Crippen molar-refractivity contribution in [2.75, 3.05) is 25.0 Å². The summed E-state index contributed by atoms with van der Waals surface area (Å²) in [4.78, 5) is 2.35. The number of benzene rings is 1. The van der Waals surface area contributed by atoms with Crippen molar-refractivity contribution in [1.82, 2.24) is 5.32 Å². The highest BCUT2D eigenvalue weighted by molar-refractivity contribution is 5.58. The Morgan fingerprint density at radius 2 is 2.16 bits per heavy atom. The number of fused-ring (bicyclic) bond motifs is 1. The molecule has 2 heteroatoms.